The molecular formula is C25H32ClN7O2. The van der Waals surface area contributed by atoms with Crippen molar-refractivity contribution in [1.82, 2.24) is 29.5 Å². The van der Waals surface area contributed by atoms with Crippen LogP contribution in [0.1, 0.15) is 49.1 Å². The SMILES string of the molecule is C=CC(=O)N1CC[C@@H](N(C)C(=O)c2cnc(CNc3n[nH]c4cc(Cl)c(C(C)(C)C)cc34)n2C)C1. The maximum atomic E-state index is 13.2. The average molecular weight is 498 g/mol. The first-order valence-corrected chi connectivity index (χ1v) is 12.0. The summed E-state index contributed by atoms with van der Waals surface area (Å²) >= 11 is 6.49. The van der Waals surface area contributed by atoms with Gasteiger partial charge in [-0.25, -0.2) is 4.98 Å². The van der Waals surface area contributed by atoms with Crippen LogP contribution >= 0.6 is 11.6 Å². The molecule has 1 fully saturated rings. The fraction of sp³-hybridized carbons (Fsp3) is 0.440. The molecule has 3 heterocycles. The summed E-state index contributed by atoms with van der Waals surface area (Å²) in [4.78, 5) is 32.9. The molecule has 4 rings (SSSR count). The Bertz CT molecular complexity index is 1290. The first-order valence-electron chi connectivity index (χ1n) is 11.6. The van der Waals surface area contributed by atoms with Crippen LogP contribution in [0.25, 0.3) is 10.9 Å². The van der Waals surface area contributed by atoms with E-state index in [-0.39, 0.29) is 23.3 Å². The van der Waals surface area contributed by atoms with E-state index in [1.807, 2.05) is 13.1 Å². The number of fused-ring (bicyclic) bond motifs is 1. The topological polar surface area (TPSA) is 99.2 Å². The van der Waals surface area contributed by atoms with Crippen molar-refractivity contribution in [3.05, 3.63) is 53.1 Å². The zero-order valence-corrected chi connectivity index (χ0v) is 21.6. The number of nitrogens with one attached hydrogen (secondary N) is 2. The van der Waals surface area contributed by atoms with E-state index in [9.17, 15) is 9.59 Å². The van der Waals surface area contributed by atoms with E-state index in [0.29, 0.717) is 42.0 Å². The van der Waals surface area contributed by atoms with Crippen LogP contribution in [0.15, 0.2) is 31.0 Å². The lowest BCUT2D eigenvalue weighted by Gasteiger charge is -2.24. The van der Waals surface area contributed by atoms with Crippen LogP contribution < -0.4 is 5.32 Å². The van der Waals surface area contributed by atoms with Gasteiger partial charge in [0.1, 0.15) is 11.5 Å². The summed E-state index contributed by atoms with van der Waals surface area (Å²) in [6, 6.07) is 3.92. The van der Waals surface area contributed by atoms with Crippen molar-refractivity contribution in [3.8, 4) is 0 Å². The summed E-state index contributed by atoms with van der Waals surface area (Å²) in [5, 5.41) is 12.4. The smallest absolute Gasteiger partial charge is 0.272 e. The molecule has 1 aliphatic rings. The zero-order valence-electron chi connectivity index (χ0n) is 20.9. The Kier molecular flexibility index (Phi) is 6.64. The van der Waals surface area contributed by atoms with Gasteiger partial charge in [-0.3, -0.25) is 14.7 Å². The van der Waals surface area contributed by atoms with Crippen molar-refractivity contribution >= 4 is 40.1 Å². The third-order valence-electron chi connectivity index (χ3n) is 6.69. The fourth-order valence-corrected chi connectivity index (χ4v) is 4.90. The van der Waals surface area contributed by atoms with Crippen molar-refractivity contribution < 1.29 is 9.59 Å². The first kappa shape index (κ1) is 24.8. The second-order valence-corrected chi connectivity index (χ2v) is 10.4. The first-order chi connectivity index (χ1) is 16.5. The van der Waals surface area contributed by atoms with E-state index in [0.717, 1.165) is 22.9 Å². The van der Waals surface area contributed by atoms with Gasteiger partial charge in [-0.2, -0.15) is 5.10 Å². The number of benzene rings is 1. The predicted molar refractivity (Wildman–Crippen MR) is 138 cm³/mol. The molecule has 0 saturated carbocycles. The van der Waals surface area contributed by atoms with Gasteiger partial charge in [0.15, 0.2) is 5.82 Å². The Balaban J connectivity index is 1.47. The van der Waals surface area contributed by atoms with Crippen LogP contribution in [-0.2, 0) is 23.8 Å². The predicted octanol–water partition coefficient (Wildman–Crippen LogP) is 3.72. The summed E-state index contributed by atoms with van der Waals surface area (Å²) in [7, 11) is 3.60. The van der Waals surface area contributed by atoms with Crippen molar-refractivity contribution in [2.75, 3.05) is 25.5 Å². The molecule has 10 heteroatoms. The van der Waals surface area contributed by atoms with Gasteiger partial charge in [0.25, 0.3) is 5.91 Å². The highest BCUT2D eigenvalue weighted by Gasteiger charge is 2.31. The number of halogens is 1. The van der Waals surface area contributed by atoms with Gasteiger partial charge in [0.05, 0.1) is 24.3 Å². The number of aromatic nitrogens is 4. The number of hydrogen-bond donors (Lipinski definition) is 2. The second kappa shape index (κ2) is 9.37. The Morgan fingerprint density at radius 2 is 2.11 bits per heavy atom. The molecular weight excluding hydrogens is 466 g/mol. The molecule has 0 aliphatic carbocycles. The number of nitrogens with zero attached hydrogens (tertiary/aromatic N) is 5. The normalized spacial score (nSPS) is 16.1. The van der Waals surface area contributed by atoms with E-state index >= 15 is 0 Å². The molecule has 1 aliphatic heterocycles. The number of carbonyl (C=O) groups is 2. The van der Waals surface area contributed by atoms with Crippen molar-refractivity contribution in [2.45, 2.75) is 45.2 Å². The molecule has 1 saturated heterocycles. The molecule has 0 bridgehead atoms. The summed E-state index contributed by atoms with van der Waals surface area (Å²) in [6.07, 6.45) is 3.64. The van der Waals surface area contributed by atoms with E-state index < -0.39 is 0 Å². The van der Waals surface area contributed by atoms with Gasteiger partial charge >= 0.3 is 0 Å². The van der Waals surface area contributed by atoms with Gasteiger partial charge in [-0.05, 0) is 35.6 Å². The maximum absolute atomic E-state index is 13.2. The minimum absolute atomic E-state index is 0.0397. The lowest BCUT2D eigenvalue weighted by atomic mass is 9.86. The van der Waals surface area contributed by atoms with Crippen molar-refractivity contribution in [1.29, 1.82) is 0 Å². The number of H-pyrrole nitrogens is 1. The van der Waals surface area contributed by atoms with E-state index in [4.69, 9.17) is 11.6 Å². The molecule has 1 aromatic carbocycles. The standard InChI is InChI=1S/C25H32ClN7O2/c1-7-22(34)33-9-8-15(14-33)31(5)24(35)20-12-27-21(32(20)6)13-28-23-16-10-17(25(2,3)4)18(26)11-19(16)29-30-23/h7,10-12,15H,1,8-9,13-14H2,2-6H3,(H2,28,29,30)/t15-/m1/s1. The molecule has 3 aromatic rings. The van der Waals surface area contributed by atoms with Gasteiger partial charge in [-0.15, -0.1) is 0 Å². The minimum Gasteiger partial charge on any atom is -0.361 e. The van der Waals surface area contributed by atoms with Crippen molar-refractivity contribution in [3.63, 3.8) is 0 Å². The van der Waals surface area contributed by atoms with Crippen LogP contribution in [0.4, 0.5) is 5.82 Å². The zero-order chi connectivity index (χ0) is 25.5. The maximum Gasteiger partial charge on any atom is 0.272 e. The molecule has 2 N–H and O–H groups in total. The third kappa shape index (κ3) is 4.77. The lowest BCUT2D eigenvalue weighted by molar-refractivity contribution is -0.125. The summed E-state index contributed by atoms with van der Waals surface area (Å²) in [5.74, 6) is 1.18. The van der Waals surface area contributed by atoms with Gasteiger partial charge < -0.3 is 19.7 Å². The molecule has 186 valence electrons. The second-order valence-electron chi connectivity index (χ2n) is 10.0. The monoisotopic (exact) mass is 497 g/mol. The minimum atomic E-state index is -0.126. The Morgan fingerprint density at radius 1 is 1.37 bits per heavy atom. The molecule has 0 radical (unpaired) electrons. The molecule has 9 nitrogen and oxygen atoms in total. The molecule has 35 heavy (non-hydrogen) atoms. The molecule has 0 spiro atoms. The van der Waals surface area contributed by atoms with Crippen LogP contribution in [0.3, 0.4) is 0 Å². The van der Waals surface area contributed by atoms with Crippen LogP contribution in [-0.4, -0.2) is 67.5 Å². The number of anilines is 1. The van der Waals surface area contributed by atoms with Crippen LogP contribution in [0, 0.1) is 0 Å². The quantitative estimate of drug-likeness (QED) is 0.506. The summed E-state index contributed by atoms with van der Waals surface area (Å²) < 4.78 is 1.79. The molecule has 0 unspecified atom stereocenters. The van der Waals surface area contributed by atoms with Crippen LogP contribution in [0.5, 0.6) is 0 Å². The number of carbonyl (C=O) groups excluding carboxylic acids is 2. The summed E-state index contributed by atoms with van der Waals surface area (Å²) in [6.45, 7) is 11.4. The van der Waals surface area contributed by atoms with E-state index in [2.05, 4.69) is 53.9 Å². The highest BCUT2D eigenvalue weighted by atomic mass is 35.5. The molecule has 1 atom stereocenters. The number of rotatable bonds is 6. The Morgan fingerprint density at radius 3 is 2.80 bits per heavy atom. The number of aromatic amines is 1. The number of amides is 2. The average Bonchev–Trinajstić information content (AvgIpc) is 3.53. The van der Waals surface area contributed by atoms with E-state index in [1.165, 1.54) is 6.08 Å². The Hall–Kier alpha value is -3.33. The van der Waals surface area contributed by atoms with E-state index in [1.54, 1.807) is 27.6 Å². The number of hydrogen-bond acceptors (Lipinski definition) is 5. The lowest BCUT2D eigenvalue weighted by Crippen LogP contribution is -2.40. The molecule has 2 aromatic heterocycles. The number of likely N-dealkylation sites (N-methyl/N-ethyl adjacent to an activating group) is 1. The van der Waals surface area contributed by atoms with Crippen LogP contribution in [0.2, 0.25) is 5.02 Å². The van der Waals surface area contributed by atoms with Crippen molar-refractivity contribution in [2.24, 2.45) is 7.05 Å². The largest absolute Gasteiger partial charge is 0.361 e. The number of likely N-dealkylation sites (tertiary alicyclic amines) is 1. The fourth-order valence-electron chi connectivity index (χ4n) is 4.45. The van der Waals surface area contributed by atoms with Gasteiger partial charge in [0.2, 0.25) is 5.91 Å². The highest BCUT2D eigenvalue weighted by molar-refractivity contribution is 6.32. The van der Waals surface area contributed by atoms with Gasteiger partial charge in [0, 0.05) is 37.6 Å². The third-order valence-corrected chi connectivity index (χ3v) is 7.01. The molecule has 2 amide bonds. The highest BCUT2D eigenvalue weighted by Crippen LogP contribution is 2.34. The van der Waals surface area contributed by atoms with Gasteiger partial charge in [-0.1, -0.05) is 39.0 Å². The number of imidazole rings is 1. The summed E-state index contributed by atoms with van der Waals surface area (Å²) in [5.41, 5.74) is 2.29. The Labute approximate surface area is 210 Å².